The van der Waals surface area contributed by atoms with Gasteiger partial charge in [0, 0.05) is 35.1 Å². The lowest BCUT2D eigenvalue weighted by Crippen LogP contribution is -2.36. The quantitative estimate of drug-likeness (QED) is 0.156. The maximum Gasteiger partial charge on any atom is 0.343 e. The van der Waals surface area contributed by atoms with E-state index in [0.29, 0.717) is 5.56 Å². The van der Waals surface area contributed by atoms with E-state index in [4.69, 9.17) is 9.47 Å². The molecule has 6 rings (SSSR count). The molecule has 0 aliphatic carbocycles. The number of phenolic OH excluding ortho intramolecular Hbond substituents is 5. The molecule has 2 aliphatic rings. The number of benzene rings is 4. The van der Waals surface area contributed by atoms with Gasteiger partial charge in [-0.2, -0.15) is 0 Å². The van der Waals surface area contributed by atoms with E-state index in [2.05, 4.69) is 0 Å². The van der Waals surface area contributed by atoms with Crippen molar-refractivity contribution < 1.29 is 60.2 Å². The van der Waals surface area contributed by atoms with Crippen LogP contribution < -0.4 is 9.47 Å². The van der Waals surface area contributed by atoms with Crippen LogP contribution in [0.1, 0.15) is 56.3 Å². The lowest BCUT2D eigenvalue weighted by Gasteiger charge is -2.39. The molecular weight excluding hydrogens is 564 g/mol. The molecule has 0 bridgehead atoms. The Bertz CT molecular complexity index is 1750. The summed E-state index contributed by atoms with van der Waals surface area (Å²) in [6.07, 6.45) is -5.62. The van der Waals surface area contributed by atoms with E-state index in [0.717, 1.165) is 6.07 Å². The Morgan fingerprint density at radius 1 is 0.721 bits per heavy atom. The molecule has 12 nitrogen and oxygen atoms in total. The third kappa shape index (κ3) is 4.53. The second kappa shape index (κ2) is 10.2. The van der Waals surface area contributed by atoms with Crippen molar-refractivity contribution in [3.8, 4) is 46.0 Å². The molecule has 5 atom stereocenters. The molecule has 0 saturated heterocycles. The summed E-state index contributed by atoms with van der Waals surface area (Å²) in [4.78, 5) is 12.6. The van der Waals surface area contributed by atoms with Crippen molar-refractivity contribution in [3.05, 3.63) is 94.0 Å². The molecule has 12 heteroatoms. The Hall–Kier alpha value is -5.33. The molecule has 4 aromatic rings. The van der Waals surface area contributed by atoms with E-state index in [-0.39, 0.29) is 45.9 Å². The number of aromatic hydroxyl groups is 6. The smallest absolute Gasteiger partial charge is 0.343 e. The molecule has 0 fully saturated rings. The molecule has 0 saturated carbocycles. The van der Waals surface area contributed by atoms with E-state index in [1.54, 1.807) is 0 Å². The predicted octanol–water partition coefficient (Wildman–Crippen LogP) is 3.28. The van der Waals surface area contributed by atoms with Gasteiger partial charge in [-0.15, -0.1) is 0 Å². The van der Waals surface area contributed by atoms with Crippen LogP contribution in [-0.4, -0.2) is 64.1 Å². The second-order valence-electron chi connectivity index (χ2n) is 10.5. The highest BCUT2D eigenvalue weighted by atomic mass is 16.5. The Morgan fingerprint density at radius 3 is 2.07 bits per heavy atom. The van der Waals surface area contributed by atoms with E-state index in [9.17, 15) is 50.8 Å². The summed E-state index contributed by atoms with van der Waals surface area (Å²) in [6, 6.07) is 13.4. The Balaban J connectivity index is 1.53. The van der Waals surface area contributed by atoms with Crippen LogP contribution in [0, 0.1) is 0 Å². The van der Waals surface area contributed by atoms with Crippen molar-refractivity contribution >= 4 is 5.97 Å². The van der Waals surface area contributed by atoms with Crippen molar-refractivity contribution in [1.29, 1.82) is 0 Å². The number of carboxylic acid groups (broad SMARTS) is 1. The van der Waals surface area contributed by atoms with E-state index >= 15 is 0 Å². The van der Waals surface area contributed by atoms with Gasteiger partial charge < -0.3 is 55.4 Å². The van der Waals surface area contributed by atoms with Gasteiger partial charge in [0.1, 0.15) is 46.2 Å². The number of aromatic carboxylic acids is 1. The first-order valence-electron chi connectivity index (χ1n) is 13.1. The van der Waals surface area contributed by atoms with Crippen LogP contribution in [0.5, 0.6) is 46.0 Å². The van der Waals surface area contributed by atoms with Crippen LogP contribution in [0.3, 0.4) is 0 Å². The minimum Gasteiger partial charge on any atom is -0.508 e. The molecule has 0 radical (unpaired) electrons. The average molecular weight is 591 g/mol. The predicted molar refractivity (Wildman–Crippen MR) is 147 cm³/mol. The summed E-state index contributed by atoms with van der Waals surface area (Å²) < 4.78 is 11.8. The number of carboxylic acids is 1. The van der Waals surface area contributed by atoms with Crippen molar-refractivity contribution in [3.63, 3.8) is 0 Å². The molecule has 0 aromatic heterocycles. The number of rotatable bonds is 4. The minimum absolute atomic E-state index is 0.0425. The van der Waals surface area contributed by atoms with Crippen LogP contribution in [0.25, 0.3) is 0 Å². The van der Waals surface area contributed by atoms with E-state index < -0.39 is 70.6 Å². The first-order valence-corrected chi connectivity index (χ1v) is 13.1. The average Bonchev–Trinajstić information content (AvgIpc) is 2.96. The number of fused-ring (bicyclic) bond motifs is 2. The lowest BCUT2D eigenvalue weighted by atomic mass is 9.77. The van der Waals surface area contributed by atoms with Crippen LogP contribution in [0.2, 0.25) is 0 Å². The number of aliphatic hydroxyl groups excluding tert-OH is 2. The van der Waals surface area contributed by atoms with Crippen molar-refractivity contribution in [2.45, 2.75) is 36.8 Å². The molecule has 2 aliphatic heterocycles. The molecular formula is C31H26O12. The Labute approximate surface area is 243 Å². The van der Waals surface area contributed by atoms with Gasteiger partial charge in [0.05, 0.1) is 6.10 Å². The Morgan fingerprint density at radius 2 is 1.40 bits per heavy atom. The van der Waals surface area contributed by atoms with E-state index in [1.165, 1.54) is 54.6 Å². The van der Waals surface area contributed by atoms with Crippen LogP contribution in [0.4, 0.5) is 0 Å². The SMILES string of the molecule is O=C(O)c1c(O)c(C2c3ccc(O)cc3OC(c3ccc(O)cc3)C2O)c(O)c2c1OC(c1ccc(O)c(O)c1)C(O)C2. The van der Waals surface area contributed by atoms with Crippen molar-refractivity contribution in [2.75, 3.05) is 0 Å². The summed E-state index contributed by atoms with van der Waals surface area (Å²) in [5.74, 6) is -5.92. The van der Waals surface area contributed by atoms with Gasteiger partial charge in [-0.25, -0.2) is 4.79 Å². The van der Waals surface area contributed by atoms with Gasteiger partial charge in [0.2, 0.25) is 0 Å². The molecule has 0 amide bonds. The monoisotopic (exact) mass is 590 g/mol. The highest BCUT2D eigenvalue weighted by Gasteiger charge is 2.45. The van der Waals surface area contributed by atoms with Crippen molar-refractivity contribution in [2.24, 2.45) is 0 Å². The first-order chi connectivity index (χ1) is 20.5. The third-order valence-corrected chi connectivity index (χ3v) is 7.85. The fraction of sp³-hybridized carbons (Fsp3) is 0.194. The zero-order chi connectivity index (χ0) is 30.7. The summed E-state index contributed by atoms with van der Waals surface area (Å²) in [5.41, 5.74) is -0.423. The van der Waals surface area contributed by atoms with Gasteiger partial charge in [-0.3, -0.25) is 0 Å². The second-order valence-corrected chi connectivity index (χ2v) is 10.5. The summed E-state index contributed by atoms with van der Waals surface area (Å²) >= 11 is 0. The Kier molecular flexibility index (Phi) is 6.59. The standard InChI is InChI=1S/C31H26O12/c32-14-4-1-12(2-5-14)29-27(39)22(16-7-6-15(33)10-21(16)42-29)23-25(37)17-11-20(36)28(13-3-8-18(34)19(35)9-13)43-30(17)24(26(23)38)31(40)41/h1-10,20,22,27-29,32-39H,11H2,(H,40,41). The molecule has 2 heterocycles. The molecule has 4 aromatic carbocycles. The number of aliphatic hydroxyl groups is 2. The topological polar surface area (TPSA) is 218 Å². The molecule has 0 spiro atoms. The number of hydrogen-bond acceptors (Lipinski definition) is 11. The van der Waals surface area contributed by atoms with Crippen LogP contribution >= 0.6 is 0 Å². The van der Waals surface area contributed by atoms with Gasteiger partial charge in [-0.1, -0.05) is 24.3 Å². The highest BCUT2D eigenvalue weighted by Crippen LogP contribution is 2.56. The molecule has 222 valence electrons. The lowest BCUT2D eigenvalue weighted by molar-refractivity contribution is 0.00644. The maximum absolute atomic E-state index is 12.6. The van der Waals surface area contributed by atoms with E-state index in [1.807, 2.05) is 0 Å². The first kappa shape index (κ1) is 27.8. The fourth-order valence-electron chi connectivity index (χ4n) is 5.82. The largest absolute Gasteiger partial charge is 0.508 e. The number of hydrogen-bond donors (Lipinski definition) is 9. The summed E-state index contributed by atoms with van der Waals surface area (Å²) in [6.45, 7) is 0. The molecule has 43 heavy (non-hydrogen) atoms. The van der Waals surface area contributed by atoms with Gasteiger partial charge in [0.15, 0.2) is 23.7 Å². The number of phenols is 6. The normalized spacial score (nSPS) is 22.5. The van der Waals surface area contributed by atoms with Crippen molar-refractivity contribution in [1.82, 2.24) is 0 Å². The molecule has 5 unspecified atom stereocenters. The number of carbonyl (C=O) groups is 1. The van der Waals surface area contributed by atoms with Gasteiger partial charge in [-0.05, 0) is 41.5 Å². The summed E-state index contributed by atoms with van der Waals surface area (Å²) in [5, 5.41) is 95.3. The number of ether oxygens (including phenoxy) is 2. The van der Waals surface area contributed by atoms with Gasteiger partial charge >= 0.3 is 5.97 Å². The minimum atomic E-state index is -1.62. The van der Waals surface area contributed by atoms with Crippen LogP contribution in [0.15, 0.2) is 60.7 Å². The third-order valence-electron chi connectivity index (χ3n) is 7.85. The zero-order valence-electron chi connectivity index (χ0n) is 22.1. The van der Waals surface area contributed by atoms with Gasteiger partial charge in [0.25, 0.3) is 0 Å². The maximum atomic E-state index is 12.6. The van der Waals surface area contributed by atoms with Crippen LogP contribution in [-0.2, 0) is 6.42 Å². The highest BCUT2D eigenvalue weighted by molar-refractivity contribution is 5.96. The zero-order valence-corrected chi connectivity index (χ0v) is 22.1. The summed E-state index contributed by atoms with van der Waals surface area (Å²) in [7, 11) is 0. The molecule has 9 N–H and O–H groups in total. The fourth-order valence-corrected chi connectivity index (χ4v) is 5.82.